The Labute approximate surface area is 552 Å². The van der Waals surface area contributed by atoms with Crippen LogP contribution in [0, 0.1) is 0 Å². The second-order valence-electron chi connectivity index (χ2n) is 23.7. The summed E-state index contributed by atoms with van der Waals surface area (Å²) in [4.78, 5) is 6.97. The van der Waals surface area contributed by atoms with Gasteiger partial charge in [-0.05, 0) is 193 Å². The van der Waals surface area contributed by atoms with E-state index in [0.29, 0.717) is 0 Å². The largest absolute Gasteiger partial charge is 0.311 e. The summed E-state index contributed by atoms with van der Waals surface area (Å²) in [6.45, 7) is 0. The number of benzene rings is 15. The summed E-state index contributed by atoms with van der Waals surface area (Å²) in [5.74, 6) is 0.112. The fourth-order valence-corrected chi connectivity index (χ4v) is 13.0. The molecule has 15 aromatic rings. The molecule has 0 aliphatic heterocycles. The lowest BCUT2D eigenvalue weighted by Crippen LogP contribution is -2.10. The molecule has 0 bridgehead atoms. The molecule has 0 spiro atoms. The topological polar surface area (TPSA) is 9.72 Å². The third-order valence-corrected chi connectivity index (χ3v) is 17.8. The van der Waals surface area contributed by atoms with E-state index in [-0.39, 0.29) is 5.92 Å². The zero-order valence-electron chi connectivity index (χ0n) is 52.0. The van der Waals surface area contributed by atoms with E-state index in [9.17, 15) is 0 Å². The number of para-hydroxylation sites is 3. The molecular weight excluding hydrogens is 1140 g/mol. The molecule has 0 saturated carbocycles. The first kappa shape index (κ1) is 58.1. The fourth-order valence-electron chi connectivity index (χ4n) is 13.0. The lowest BCUT2D eigenvalue weighted by atomic mass is 9.84. The minimum Gasteiger partial charge on any atom is -0.311 e. The maximum Gasteiger partial charge on any atom is 0.0462 e. The van der Waals surface area contributed by atoms with Crippen molar-refractivity contribution in [1.29, 1.82) is 0 Å². The molecule has 446 valence electrons. The van der Waals surface area contributed by atoms with Crippen LogP contribution in [0.15, 0.2) is 400 Å². The van der Waals surface area contributed by atoms with Crippen molar-refractivity contribution in [2.75, 3.05) is 14.7 Å². The van der Waals surface area contributed by atoms with Gasteiger partial charge < -0.3 is 14.7 Å². The van der Waals surface area contributed by atoms with Gasteiger partial charge in [-0.2, -0.15) is 0 Å². The van der Waals surface area contributed by atoms with Gasteiger partial charge in [0.15, 0.2) is 0 Å². The molecule has 1 unspecified atom stereocenters. The Kier molecular flexibility index (Phi) is 16.7. The van der Waals surface area contributed by atoms with Crippen LogP contribution in [0.4, 0.5) is 51.2 Å². The number of nitrogens with zero attached hydrogens (tertiary/aromatic N) is 3. The van der Waals surface area contributed by atoms with E-state index in [2.05, 4.69) is 415 Å². The molecule has 3 heteroatoms. The molecule has 0 radical (unpaired) electrons. The first-order valence-corrected chi connectivity index (χ1v) is 32.2. The highest BCUT2D eigenvalue weighted by Gasteiger charge is 2.20. The van der Waals surface area contributed by atoms with Crippen LogP contribution in [-0.2, 0) is 0 Å². The standard InChI is InChI=1S/C91H67N3/c1-7-19-67(20-8-1)69-35-39-80(40-36-69)91(79-23-11-3-12-24-79)81-41-37-72(38-42-81)76-49-61-88(62-50-76)93(83-27-15-5-16-28-83)86-57-45-74(46-58-86)70-31-33-71(34-32-70)75-47-59-87(60-48-75)94(84-29-17-6-18-30-84)90-65-53-78(54-66-90)77-51-63-89(64-52-77)92(82-25-13-4-14-26-82)85-55-43-73(44-56-85)68-21-9-2-10-22-68/h1-66,91H. The summed E-state index contributed by atoms with van der Waals surface area (Å²) in [5.41, 5.74) is 27.8. The Morgan fingerprint density at radius 3 is 0.468 bits per heavy atom. The van der Waals surface area contributed by atoms with Crippen LogP contribution in [0.3, 0.4) is 0 Å². The summed E-state index contributed by atoms with van der Waals surface area (Å²) in [6.07, 6.45) is 0. The zero-order valence-corrected chi connectivity index (χ0v) is 52.0. The number of hydrogen-bond acceptors (Lipinski definition) is 3. The predicted molar refractivity (Wildman–Crippen MR) is 397 cm³/mol. The number of rotatable bonds is 18. The second-order valence-corrected chi connectivity index (χ2v) is 23.7. The number of anilines is 9. The lowest BCUT2D eigenvalue weighted by Gasteiger charge is -2.26. The average molecular weight is 1200 g/mol. The molecule has 3 nitrogen and oxygen atoms in total. The molecule has 15 rings (SSSR count). The van der Waals surface area contributed by atoms with Gasteiger partial charge in [0.05, 0.1) is 0 Å². The normalized spacial score (nSPS) is 11.4. The van der Waals surface area contributed by atoms with Crippen molar-refractivity contribution < 1.29 is 0 Å². The van der Waals surface area contributed by atoms with Crippen LogP contribution in [0.5, 0.6) is 0 Å². The highest BCUT2D eigenvalue weighted by molar-refractivity contribution is 5.84. The molecule has 0 heterocycles. The Morgan fingerprint density at radius 1 is 0.117 bits per heavy atom. The Morgan fingerprint density at radius 2 is 0.255 bits per heavy atom. The summed E-state index contributed by atoms with van der Waals surface area (Å²) < 4.78 is 0. The Hall–Kier alpha value is -12.3. The van der Waals surface area contributed by atoms with Crippen LogP contribution < -0.4 is 14.7 Å². The van der Waals surface area contributed by atoms with E-state index in [1.54, 1.807) is 0 Å². The maximum absolute atomic E-state index is 2.33. The molecule has 0 aliphatic rings. The van der Waals surface area contributed by atoms with E-state index < -0.39 is 0 Å². The van der Waals surface area contributed by atoms with Crippen molar-refractivity contribution in [2.24, 2.45) is 0 Å². The van der Waals surface area contributed by atoms with Crippen molar-refractivity contribution in [3.63, 3.8) is 0 Å². The summed E-state index contributed by atoms with van der Waals surface area (Å²) in [5, 5.41) is 0. The summed E-state index contributed by atoms with van der Waals surface area (Å²) in [7, 11) is 0. The van der Waals surface area contributed by atoms with E-state index in [1.807, 2.05) is 0 Å². The zero-order chi connectivity index (χ0) is 62.8. The monoisotopic (exact) mass is 1200 g/mol. The van der Waals surface area contributed by atoms with Crippen LogP contribution in [0.2, 0.25) is 0 Å². The highest BCUT2D eigenvalue weighted by atomic mass is 15.2. The van der Waals surface area contributed by atoms with Crippen molar-refractivity contribution in [3.05, 3.63) is 417 Å². The van der Waals surface area contributed by atoms with Crippen LogP contribution in [0.1, 0.15) is 22.6 Å². The van der Waals surface area contributed by atoms with Gasteiger partial charge in [-0.3, -0.25) is 0 Å². The second kappa shape index (κ2) is 27.0. The van der Waals surface area contributed by atoms with Gasteiger partial charge in [-0.1, -0.05) is 291 Å². The maximum atomic E-state index is 2.33. The van der Waals surface area contributed by atoms with Crippen molar-refractivity contribution in [2.45, 2.75) is 5.92 Å². The van der Waals surface area contributed by atoms with E-state index in [1.165, 1.54) is 55.6 Å². The van der Waals surface area contributed by atoms with Crippen molar-refractivity contribution in [3.8, 4) is 66.8 Å². The Bertz CT molecular complexity index is 4560. The quantitative estimate of drug-likeness (QED) is 0.0793. The van der Waals surface area contributed by atoms with Gasteiger partial charge in [0.25, 0.3) is 0 Å². The lowest BCUT2D eigenvalue weighted by molar-refractivity contribution is 0.978. The van der Waals surface area contributed by atoms with Crippen LogP contribution in [0.25, 0.3) is 66.8 Å². The van der Waals surface area contributed by atoms with Gasteiger partial charge in [0.1, 0.15) is 0 Å². The van der Waals surface area contributed by atoms with E-state index in [0.717, 1.165) is 79.0 Å². The van der Waals surface area contributed by atoms with Gasteiger partial charge in [-0.15, -0.1) is 0 Å². The minimum atomic E-state index is 0.112. The highest BCUT2D eigenvalue weighted by Crippen LogP contribution is 2.42. The molecule has 0 saturated heterocycles. The van der Waals surface area contributed by atoms with E-state index >= 15 is 0 Å². The van der Waals surface area contributed by atoms with Gasteiger partial charge in [0.2, 0.25) is 0 Å². The smallest absolute Gasteiger partial charge is 0.0462 e. The van der Waals surface area contributed by atoms with Crippen molar-refractivity contribution >= 4 is 51.2 Å². The van der Waals surface area contributed by atoms with Crippen molar-refractivity contribution in [1.82, 2.24) is 0 Å². The SMILES string of the molecule is c1ccc(-c2ccc(C(c3ccccc3)c3ccc(-c4ccc(N(c5ccccc5)c5ccc(-c6ccc(-c7ccc(N(c8ccccc8)c8ccc(-c9ccc(N(c%10ccccc%10)c%10ccc(-c%11ccccc%11)cc%10)cc9)cc8)cc7)cc6)cc5)cc4)cc3)cc2)cc1. The summed E-state index contributed by atoms with van der Waals surface area (Å²) >= 11 is 0. The van der Waals surface area contributed by atoms with Crippen LogP contribution >= 0.6 is 0 Å². The third-order valence-electron chi connectivity index (χ3n) is 17.8. The molecular formula is C91H67N3. The predicted octanol–water partition coefficient (Wildman–Crippen LogP) is 25.3. The van der Waals surface area contributed by atoms with Gasteiger partial charge in [0, 0.05) is 57.1 Å². The minimum absolute atomic E-state index is 0.112. The van der Waals surface area contributed by atoms with Crippen LogP contribution in [-0.4, -0.2) is 0 Å². The molecule has 94 heavy (non-hydrogen) atoms. The molecule has 0 aliphatic carbocycles. The van der Waals surface area contributed by atoms with E-state index in [4.69, 9.17) is 0 Å². The van der Waals surface area contributed by atoms with Gasteiger partial charge in [-0.25, -0.2) is 0 Å². The molecule has 0 N–H and O–H groups in total. The average Bonchev–Trinajstić information content (AvgIpc) is 2.45. The molecule has 0 aromatic heterocycles. The molecule has 15 aromatic carbocycles. The first-order valence-electron chi connectivity index (χ1n) is 32.2. The molecule has 1 atom stereocenters. The molecule has 0 amide bonds. The first-order chi connectivity index (χ1) is 46.6. The van der Waals surface area contributed by atoms with Gasteiger partial charge >= 0.3 is 0 Å². The molecule has 0 fully saturated rings. The third kappa shape index (κ3) is 12.6. The number of hydrogen-bond donors (Lipinski definition) is 0. The fraction of sp³-hybridized carbons (Fsp3) is 0.0110. The summed E-state index contributed by atoms with van der Waals surface area (Å²) in [6, 6.07) is 144. The Balaban J connectivity index is 0.628.